The van der Waals surface area contributed by atoms with Crippen LogP contribution in [0.5, 0.6) is 0 Å². The smallest absolute Gasteiger partial charge is 0.334 e. The molecule has 0 aliphatic carbocycles. The van der Waals surface area contributed by atoms with Gasteiger partial charge in [-0.25, -0.2) is 4.79 Å². The molecule has 2 aromatic carbocycles. The first-order chi connectivity index (χ1) is 18.0. The number of β-amino-alcohol motifs (C(OH)–C–C–N with tert-alkyl or cyclic N) is 1. The van der Waals surface area contributed by atoms with Gasteiger partial charge in [0, 0.05) is 36.3 Å². The molecule has 0 radical (unpaired) electrons. The predicted molar refractivity (Wildman–Crippen MR) is 133 cm³/mol. The van der Waals surface area contributed by atoms with Crippen LogP contribution in [0.15, 0.2) is 63.6 Å². The number of aromatic nitrogens is 3. The second-order valence-corrected chi connectivity index (χ2v) is 8.97. The molecule has 2 atom stereocenters. The zero-order valence-electron chi connectivity index (χ0n) is 20.4. The third-order valence-corrected chi connectivity index (χ3v) is 6.36. The Balaban J connectivity index is 1.30. The van der Waals surface area contributed by atoms with Crippen LogP contribution in [-0.4, -0.2) is 68.7 Å². The highest BCUT2D eigenvalue weighted by molar-refractivity contribution is 5.72. The Morgan fingerprint density at radius 3 is 2.59 bits per heavy atom. The number of aliphatic carboxylic acids is 1. The van der Waals surface area contributed by atoms with E-state index in [4.69, 9.17) is 13.8 Å². The van der Waals surface area contributed by atoms with Crippen LogP contribution in [0.25, 0.3) is 34.3 Å². The van der Waals surface area contributed by atoms with Gasteiger partial charge in [0.25, 0.3) is 5.89 Å². The van der Waals surface area contributed by atoms with Gasteiger partial charge in [-0.05, 0) is 12.0 Å². The Bertz CT molecular complexity index is 1330. The lowest BCUT2D eigenvalue weighted by atomic mass is 10.0. The summed E-state index contributed by atoms with van der Waals surface area (Å²) in [7, 11) is 0. The summed E-state index contributed by atoms with van der Waals surface area (Å²) >= 11 is 0. The fourth-order valence-electron chi connectivity index (χ4n) is 4.43. The van der Waals surface area contributed by atoms with Crippen molar-refractivity contribution in [3.05, 3.63) is 65.7 Å². The maximum atomic E-state index is 11.2. The summed E-state index contributed by atoms with van der Waals surface area (Å²) in [6.45, 7) is 3.53. The Labute approximate surface area is 213 Å². The molecular formula is C27H28N4O6. The van der Waals surface area contributed by atoms with E-state index in [-0.39, 0.29) is 12.4 Å². The molecule has 0 spiro atoms. The van der Waals surface area contributed by atoms with Crippen molar-refractivity contribution < 1.29 is 28.8 Å². The first-order valence-electron chi connectivity index (χ1n) is 12.3. The summed E-state index contributed by atoms with van der Waals surface area (Å²) in [6.07, 6.45) is 0.0110. The van der Waals surface area contributed by atoms with Crippen molar-refractivity contribution >= 4 is 5.97 Å². The second-order valence-electron chi connectivity index (χ2n) is 8.97. The Morgan fingerprint density at radius 2 is 1.86 bits per heavy atom. The maximum absolute atomic E-state index is 11.2. The molecule has 10 heteroatoms. The van der Waals surface area contributed by atoms with Gasteiger partial charge in [0.2, 0.25) is 5.82 Å². The monoisotopic (exact) mass is 504 g/mol. The summed E-state index contributed by atoms with van der Waals surface area (Å²) < 4.78 is 16.5. The number of hydrogen-bond acceptors (Lipinski definition) is 9. The molecule has 2 aromatic heterocycles. The van der Waals surface area contributed by atoms with Gasteiger partial charge >= 0.3 is 5.97 Å². The Hall–Kier alpha value is -3.86. The molecule has 10 nitrogen and oxygen atoms in total. The molecule has 0 saturated carbocycles. The van der Waals surface area contributed by atoms with E-state index in [0.29, 0.717) is 42.5 Å². The van der Waals surface area contributed by atoms with Crippen LogP contribution in [0.1, 0.15) is 30.6 Å². The van der Waals surface area contributed by atoms with Crippen LogP contribution in [-0.2, 0) is 16.0 Å². The number of aliphatic hydroxyl groups excluding tert-OH is 1. The molecular weight excluding hydrogens is 476 g/mol. The lowest BCUT2D eigenvalue weighted by Gasteiger charge is -2.32. The number of carbonyl (C=O) groups is 1. The predicted octanol–water partition coefficient (Wildman–Crippen LogP) is 3.83. The van der Waals surface area contributed by atoms with Gasteiger partial charge in [-0.1, -0.05) is 78.3 Å². The fourth-order valence-corrected chi connectivity index (χ4v) is 4.43. The minimum absolute atomic E-state index is 0.240. The summed E-state index contributed by atoms with van der Waals surface area (Å²) in [5.74, 6) is 0.395. The van der Waals surface area contributed by atoms with Gasteiger partial charge in [0.05, 0.1) is 12.7 Å². The molecule has 2 N–H and O–H groups in total. The molecule has 4 aromatic rings. The molecule has 192 valence electrons. The normalized spacial score (nSPS) is 17.1. The third-order valence-electron chi connectivity index (χ3n) is 6.36. The molecule has 0 bridgehead atoms. The zero-order valence-corrected chi connectivity index (χ0v) is 20.4. The van der Waals surface area contributed by atoms with Crippen LogP contribution < -0.4 is 0 Å². The van der Waals surface area contributed by atoms with Crippen LogP contribution >= 0.6 is 0 Å². The van der Waals surface area contributed by atoms with E-state index < -0.39 is 18.2 Å². The average Bonchev–Trinajstić information content (AvgIpc) is 3.57. The van der Waals surface area contributed by atoms with Crippen molar-refractivity contribution in [1.82, 2.24) is 20.2 Å². The number of aliphatic hydroxyl groups is 1. The fraction of sp³-hybridized carbons (Fsp3) is 0.333. The van der Waals surface area contributed by atoms with Gasteiger partial charge in [-0.15, -0.1) is 0 Å². The molecule has 3 heterocycles. The van der Waals surface area contributed by atoms with E-state index in [0.717, 1.165) is 29.5 Å². The van der Waals surface area contributed by atoms with Gasteiger partial charge in [-0.2, -0.15) is 4.98 Å². The SMILES string of the molecule is CCCc1c(-c2nc(-c3ccc(C(O)CN4CCOC(C(=O)O)C4)cc3)no2)noc1-c1ccccc1. The summed E-state index contributed by atoms with van der Waals surface area (Å²) in [4.78, 5) is 17.6. The molecule has 37 heavy (non-hydrogen) atoms. The van der Waals surface area contributed by atoms with E-state index in [2.05, 4.69) is 22.2 Å². The van der Waals surface area contributed by atoms with Crippen molar-refractivity contribution in [2.24, 2.45) is 0 Å². The number of carboxylic acids is 1. The highest BCUT2D eigenvalue weighted by Crippen LogP contribution is 2.33. The topological polar surface area (TPSA) is 135 Å². The molecule has 2 unspecified atom stereocenters. The van der Waals surface area contributed by atoms with Crippen molar-refractivity contribution in [3.8, 4) is 34.3 Å². The number of nitrogens with zero attached hydrogens (tertiary/aromatic N) is 4. The number of rotatable bonds is 9. The van der Waals surface area contributed by atoms with Gasteiger partial charge in [-0.3, -0.25) is 4.90 Å². The first kappa shape index (κ1) is 24.8. The van der Waals surface area contributed by atoms with Gasteiger partial charge < -0.3 is 24.0 Å². The maximum Gasteiger partial charge on any atom is 0.334 e. The number of ether oxygens (including phenoxy) is 1. The van der Waals surface area contributed by atoms with Crippen LogP contribution in [0.3, 0.4) is 0 Å². The Morgan fingerprint density at radius 1 is 1.08 bits per heavy atom. The van der Waals surface area contributed by atoms with E-state index in [1.165, 1.54) is 0 Å². The zero-order chi connectivity index (χ0) is 25.8. The minimum Gasteiger partial charge on any atom is -0.479 e. The lowest BCUT2D eigenvalue weighted by molar-refractivity contribution is -0.156. The number of morpholine rings is 1. The molecule has 1 saturated heterocycles. The van der Waals surface area contributed by atoms with Gasteiger partial charge in [0.15, 0.2) is 17.6 Å². The van der Waals surface area contributed by atoms with Crippen LogP contribution in [0.4, 0.5) is 0 Å². The number of benzene rings is 2. The van der Waals surface area contributed by atoms with Crippen LogP contribution in [0.2, 0.25) is 0 Å². The summed E-state index contributed by atoms with van der Waals surface area (Å²) in [5.41, 5.74) is 3.84. The van der Waals surface area contributed by atoms with Crippen molar-refractivity contribution in [2.45, 2.75) is 32.0 Å². The molecule has 1 aliphatic rings. The Kier molecular flexibility index (Phi) is 7.40. The van der Waals surface area contributed by atoms with E-state index in [9.17, 15) is 15.0 Å². The molecule has 0 amide bonds. The van der Waals surface area contributed by atoms with Crippen molar-refractivity contribution in [1.29, 1.82) is 0 Å². The standard InChI is InChI=1S/C27H28N4O6/c1-2-6-20-23(29-36-24(20)18-7-4-3-5-8-18)26-28-25(30-37-26)19-11-9-17(10-12-19)21(32)15-31-13-14-35-22(16-31)27(33)34/h3-5,7-12,21-22,32H,2,6,13-16H2,1H3,(H,33,34). The second kappa shape index (κ2) is 11.0. The highest BCUT2D eigenvalue weighted by atomic mass is 16.5. The summed E-state index contributed by atoms with van der Waals surface area (Å²) in [6, 6.07) is 17.0. The average molecular weight is 505 g/mol. The lowest BCUT2D eigenvalue weighted by Crippen LogP contribution is -2.47. The molecule has 1 aliphatic heterocycles. The highest BCUT2D eigenvalue weighted by Gasteiger charge is 2.28. The largest absolute Gasteiger partial charge is 0.479 e. The quantitative estimate of drug-likeness (QED) is 0.346. The first-order valence-corrected chi connectivity index (χ1v) is 12.3. The third kappa shape index (κ3) is 5.46. The van der Waals surface area contributed by atoms with Crippen LogP contribution in [0, 0.1) is 0 Å². The molecule has 1 fully saturated rings. The van der Waals surface area contributed by atoms with Crippen molar-refractivity contribution in [3.63, 3.8) is 0 Å². The number of carboxylic acid groups (broad SMARTS) is 1. The number of hydrogen-bond donors (Lipinski definition) is 2. The van der Waals surface area contributed by atoms with E-state index in [1.807, 2.05) is 47.4 Å². The minimum atomic E-state index is -0.994. The van der Waals surface area contributed by atoms with Gasteiger partial charge in [0.1, 0.15) is 0 Å². The van der Waals surface area contributed by atoms with E-state index in [1.54, 1.807) is 12.1 Å². The van der Waals surface area contributed by atoms with Crippen molar-refractivity contribution in [2.75, 3.05) is 26.2 Å². The summed E-state index contributed by atoms with van der Waals surface area (Å²) in [5, 5.41) is 28.2. The molecule has 5 rings (SSSR count). The van der Waals surface area contributed by atoms with E-state index >= 15 is 0 Å².